The number of hydrogen-bond donors (Lipinski definition) is 2. The van der Waals surface area contributed by atoms with Gasteiger partial charge < -0.3 is 10.4 Å². The standard InChI is InChI=1S/C12H18N2O2/c1-4-10(8(2)3)14-11-7-9(12(15)16)5-6-13-11/h5-8,10H,4H2,1-3H3,(H,13,14)(H,15,16). The molecule has 0 saturated carbocycles. The van der Waals surface area contributed by atoms with Crippen LogP contribution in [0.15, 0.2) is 18.3 Å². The summed E-state index contributed by atoms with van der Waals surface area (Å²) in [6.07, 6.45) is 2.50. The van der Waals surface area contributed by atoms with Gasteiger partial charge in [0.25, 0.3) is 0 Å². The van der Waals surface area contributed by atoms with Crippen LogP contribution in [-0.4, -0.2) is 22.1 Å². The van der Waals surface area contributed by atoms with Gasteiger partial charge in [-0.05, 0) is 24.5 Å². The quantitative estimate of drug-likeness (QED) is 0.804. The van der Waals surface area contributed by atoms with E-state index in [0.29, 0.717) is 17.8 Å². The molecule has 4 heteroatoms. The first-order chi connectivity index (χ1) is 7.54. The van der Waals surface area contributed by atoms with Gasteiger partial charge in [-0.3, -0.25) is 0 Å². The summed E-state index contributed by atoms with van der Waals surface area (Å²) in [7, 11) is 0. The fraction of sp³-hybridized carbons (Fsp3) is 0.500. The van der Waals surface area contributed by atoms with Crippen LogP contribution in [0.25, 0.3) is 0 Å². The van der Waals surface area contributed by atoms with E-state index in [2.05, 4.69) is 31.1 Å². The highest BCUT2D eigenvalue weighted by molar-refractivity contribution is 5.88. The van der Waals surface area contributed by atoms with Crippen LogP contribution in [0.3, 0.4) is 0 Å². The van der Waals surface area contributed by atoms with Crippen molar-refractivity contribution in [2.75, 3.05) is 5.32 Å². The van der Waals surface area contributed by atoms with Crippen molar-refractivity contribution in [3.63, 3.8) is 0 Å². The maximum atomic E-state index is 10.8. The largest absolute Gasteiger partial charge is 0.478 e. The van der Waals surface area contributed by atoms with E-state index in [1.807, 2.05) is 0 Å². The smallest absolute Gasteiger partial charge is 0.335 e. The van der Waals surface area contributed by atoms with E-state index < -0.39 is 5.97 Å². The molecule has 0 fully saturated rings. The lowest BCUT2D eigenvalue weighted by Crippen LogP contribution is -2.25. The Morgan fingerprint density at radius 1 is 1.56 bits per heavy atom. The molecular formula is C12H18N2O2. The summed E-state index contributed by atoms with van der Waals surface area (Å²) in [4.78, 5) is 14.9. The second-order valence-electron chi connectivity index (χ2n) is 4.14. The molecule has 0 spiro atoms. The van der Waals surface area contributed by atoms with E-state index in [0.717, 1.165) is 6.42 Å². The topological polar surface area (TPSA) is 62.2 Å². The molecule has 88 valence electrons. The average molecular weight is 222 g/mol. The first-order valence-electron chi connectivity index (χ1n) is 5.50. The van der Waals surface area contributed by atoms with Crippen LogP contribution >= 0.6 is 0 Å². The number of nitrogens with one attached hydrogen (secondary N) is 1. The minimum absolute atomic E-state index is 0.260. The fourth-order valence-electron chi connectivity index (χ4n) is 1.57. The third-order valence-corrected chi connectivity index (χ3v) is 2.58. The Labute approximate surface area is 95.7 Å². The Balaban J connectivity index is 2.80. The number of pyridine rings is 1. The summed E-state index contributed by atoms with van der Waals surface area (Å²) in [5, 5.41) is 12.1. The number of carboxylic acids is 1. The Hall–Kier alpha value is -1.58. The number of anilines is 1. The van der Waals surface area contributed by atoms with Crippen LogP contribution < -0.4 is 5.32 Å². The highest BCUT2D eigenvalue weighted by Crippen LogP contribution is 2.14. The minimum Gasteiger partial charge on any atom is -0.478 e. The molecule has 1 rings (SSSR count). The number of nitrogens with zero attached hydrogens (tertiary/aromatic N) is 1. The average Bonchev–Trinajstić information content (AvgIpc) is 2.25. The lowest BCUT2D eigenvalue weighted by Gasteiger charge is -2.21. The summed E-state index contributed by atoms with van der Waals surface area (Å²) in [5.41, 5.74) is 0.260. The summed E-state index contributed by atoms with van der Waals surface area (Å²) in [6, 6.07) is 3.37. The number of aromatic nitrogens is 1. The van der Waals surface area contributed by atoms with Gasteiger partial charge >= 0.3 is 5.97 Å². The SMILES string of the molecule is CCC(Nc1cc(C(=O)O)ccn1)C(C)C. The Morgan fingerprint density at radius 3 is 2.75 bits per heavy atom. The van der Waals surface area contributed by atoms with Crippen molar-refractivity contribution in [2.45, 2.75) is 33.2 Å². The molecule has 0 amide bonds. The summed E-state index contributed by atoms with van der Waals surface area (Å²) in [6.45, 7) is 6.35. The van der Waals surface area contributed by atoms with Gasteiger partial charge in [0.05, 0.1) is 5.56 Å². The molecule has 0 bridgehead atoms. The summed E-state index contributed by atoms with van der Waals surface area (Å²) in [5.74, 6) is 0.184. The molecule has 16 heavy (non-hydrogen) atoms. The molecule has 1 heterocycles. The van der Waals surface area contributed by atoms with Gasteiger partial charge in [0.15, 0.2) is 0 Å². The van der Waals surface area contributed by atoms with Crippen LogP contribution in [0.2, 0.25) is 0 Å². The predicted molar refractivity (Wildman–Crippen MR) is 63.7 cm³/mol. The van der Waals surface area contributed by atoms with E-state index in [4.69, 9.17) is 5.11 Å². The van der Waals surface area contributed by atoms with Gasteiger partial charge in [0.2, 0.25) is 0 Å². The van der Waals surface area contributed by atoms with Crippen LogP contribution in [0.5, 0.6) is 0 Å². The molecule has 0 saturated heterocycles. The van der Waals surface area contributed by atoms with Gasteiger partial charge in [-0.2, -0.15) is 0 Å². The van der Waals surface area contributed by atoms with E-state index >= 15 is 0 Å². The van der Waals surface area contributed by atoms with Gasteiger partial charge in [0, 0.05) is 12.2 Å². The van der Waals surface area contributed by atoms with Crippen molar-refractivity contribution < 1.29 is 9.90 Å². The monoisotopic (exact) mass is 222 g/mol. The van der Waals surface area contributed by atoms with Crippen LogP contribution in [0.1, 0.15) is 37.6 Å². The van der Waals surface area contributed by atoms with Crippen molar-refractivity contribution in [2.24, 2.45) is 5.92 Å². The highest BCUT2D eigenvalue weighted by atomic mass is 16.4. The molecule has 1 aromatic heterocycles. The zero-order chi connectivity index (χ0) is 12.1. The molecular weight excluding hydrogens is 204 g/mol. The number of hydrogen-bond acceptors (Lipinski definition) is 3. The molecule has 0 aliphatic rings. The van der Waals surface area contributed by atoms with Crippen LogP contribution in [0, 0.1) is 5.92 Å². The molecule has 4 nitrogen and oxygen atoms in total. The van der Waals surface area contributed by atoms with E-state index in [-0.39, 0.29) is 5.56 Å². The molecule has 1 aromatic rings. The van der Waals surface area contributed by atoms with Crippen molar-refractivity contribution in [1.82, 2.24) is 4.98 Å². The predicted octanol–water partition coefficient (Wildman–Crippen LogP) is 2.63. The molecule has 0 aliphatic heterocycles. The fourth-order valence-corrected chi connectivity index (χ4v) is 1.57. The third kappa shape index (κ3) is 3.22. The minimum atomic E-state index is -0.928. The molecule has 0 aliphatic carbocycles. The lowest BCUT2D eigenvalue weighted by molar-refractivity contribution is 0.0697. The zero-order valence-corrected chi connectivity index (χ0v) is 9.90. The summed E-state index contributed by atoms with van der Waals surface area (Å²) >= 11 is 0. The molecule has 1 unspecified atom stereocenters. The zero-order valence-electron chi connectivity index (χ0n) is 9.90. The first kappa shape index (κ1) is 12.5. The van der Waals surface area contributed by atoms with E-state index in [1.165, 1.54) is 12.3 Å². The van der Waals surface area contributed by atoms with Crippen molar-refractivity contribution in [3.05, 3.63) is 23.9 Å². The maximum absolute atomic E-state index is 10.8. The number of carbonyl (C=O) groups is 1. The van der Waals surface area contributed by atoms with Gasteiger partial charge in [-0.1, -0.05) is 20.8 Å². The third-order valence-electron chi connectivity index (χ3n) is 2.58. The van der Waals surface area contributed by atoms with Crippen LogP contribution in [-0.2, 0) is 0 Å². The van der Waals surface area contributed by atoms with Crippen molar-refractivity contribution >= 4 is 11.8 Å². The Kier molecular flexibility index (Phi) is 4.28. The van der Waals surface area contributed by atoms with Gasteiger partial charge in [-0.25, -0.2) is 9.78 Å². The molecule has 1 atom stereocenters. The second-order valence-corrected chi connectivity index (χ2v) is 4.14. The van der Waals surface area contributed by atoms with Crippen LogP contribution in [0.4, 0.5) is 5.82 Å². The lowest BCUT2D eigenvalue weighted by atomic mass is 10.0. The van der Waals surface area contributed by atoms with Crippen molar-refractivity contribution in [3.8, 4) is 0 Å². The van der Waals surface area contributed by atoms with Gasteiger partial charge in [0.1, 0.15) is 5.82 Å². The Bertz CT molecular complexity index is 364. The highest BCUT2D eigenvalue weighted by Gasteiger charge is 2.12. The van der Waals surface area contributed by atoms with E-state index in [1.54, 1.807) is 6.07 Å². The summed E-state index contributed by atoms with van der Waals surface area (Å²) < 4.78 is 0. The second kappa shape index (κ2) is 5.49. The normalized spacial score (nSPS) is 12.5. The van der Waals surface area contributed by atoms with Gasteiger partial charge in [-0.15, -0.1) is 0 Å². The number of aromatic carboxylic acids is 1. The Morgan fingerprint density at radius 2 is 2.25 bits per heavy atom. The molecule has 2 N–H and O–H groups in total. The number of carboxylic acid groups (broad SMARTS) is 1. The van der Waals surface area contributed by atoms with E-state index in [9.17, 15) is 4.79 Å². The maximum Gasteiger partial charge on any atom is 0.335 e. The first-order valence-corrected chi connectivity index (χ1v) is 5.50. The molecule has 0 radical (unpaired) electrons. The number of rotatable bonds is 5. The molecule has 0 aromatic carbocycles. The van der Waals surface area contributed by atoms with Crippen molar-refractivity contribution in [1.29, 1.82) is 0 Å².